The van der Waals surface area contributed by atoms with Gasteiger partial charge in [0.2, 0.25) is 10.0 Å². The van der Waals surface area contributed by atoms with Crippen LogP contribution in [0.4, 0.5) is 13.2 Å². The largest absolute Gasteiger partial charge is 0.416 e. The summed E-state index contributed by atoms with van der Waals surface area (Å²) < 4.78 is 64.0. The summed E-state index contributed by atoms with van der Waals surface area (Å²) in [6.45, 7) is 5.34. The van der Waals surface area contributed by atoms with Crippen LogP contribution in [0.2, 0.25) is 0 Å². The van der Waals surface area contributed by atoms with Gasteiger partial charge < -0.3 is 4.90 Å². The molecule has 1 aliphatic heterocycles. The molecular formula is C16H19F3N2O3S. The minimum Gasteiger partial charge on any atom is -0.338 e. The molecule has 9 heteroatoms. The van der Waals surface area contributed by atoms with Gasteiger partial charge in [-0.3, -0.25) is 4.79 Å². The molecule has 0 spiro atoms. The maximum absolute atomic E-state index is 13.0. The number of halogens is 3. The van der Waals surface area contributed by atoms with Crippen LogP contribution >= 0.6 is 0 Å². The van der Waals surface area contributed by atoms with Crippen molar-refractivity contribution in [2.45, 2.75) is 19.5 Å². The zero-order valence-corrected chi connectivity index (χ0v) is 14.5. The van der Waals surface area contributed by atoms with E-state index in [1.807, 2.05) is 0 Å². The number of nitrogens with one attached hydrogen (secondary N) is 1. The number of hydrogen-bond donors (Lipinski definition) is 1. The lowest BCUT2D eigenvalue weighted by molar-refractivity contribution is -0.138. The van der Waals surface area contributed by atoms with Crippen LogP contribution in [0.3, 0.4) is 0 Å². The third-order valence-electron chi connectivity index (χ3n) is 4.16. The highest BCUT2D eigenvalue weighted by Gasteiger charge is 2.34. The zero-order chi connectivity index (χ0) is 18.8. The molecule has 0 bridgehead atoms. The monoisotopic (exact) mass is 376 g/mol. The van der Waals surface area contributed by atoms with E-state index in [9.17, 15) is 26.4 Å². The van der Waals surface area contributed by atoms with Crippen LogP contribution in [0.15, 0.2) is 30.2 Å². The van der Waals surface area contributed by atoms with Gasteiger partial charge in [0.1, 0.15) is 0 Å². The molecule has 138 valence electrons. The molecule has 0 saturated carbocycles. The molecule has 1 amide bonds. The predicted molar refractivity (Wildman–Crippen MR) is 87.3 cm³/mol. The summed E-state index contributed by atoms with van der Waals surface area (Å²) in [4.78, 5) is 13.9. The minimum absolute atomic E-state index is 0.0229. The summed E-state index contributed by atoms with van der Waals surface area (Å²) in [5, 5.41) is 0.801. The van der Waals surface area contributed by atoms with E-state index in [1.165, 1.54) is 24.0 Å². The van der Waals surface area contributed by atoms with Crippen LogP contribution in [0, 0.1) is 12.8 Å². The van der Waals surface area contributed by atoms with Gasteiger partial charge in [-0.15, -0.1) is 0 Å². The SMILES string of the molecule is C=CS(=O)(=O)NC[C@H]1CCN(C(=O)c2ccc(C)c(C(F)(F)F)c2)C1. The fourth-order valence-electron chi connectivity index (χ4n) is 2.72. The average molecular weight is 376 g/mol. The van der Waals surface area contributed by atoms with E-state index in [0.717, 1.165) is 11.5 Å². The molecule has 2 rings (SSSR count). The molecule has 1 aromatic carbocycles. The van der Waals surface area contributed by atoms with Gasteiger partial charge in [0.25, 0.3) is 5.91 Å². The van der Waals surface area contributed by atoms with Crippen molar-refractivity contribution in [1.82, 2.24) is 9.62 Å². The lowest BCUT2D eigenvalue weighted by Gasteiger charge is -2.18. The Kier molecular flexibility index (Phi) is 5.58. The molecule has 1 atom stereocenters. The minimum atomic E-state index is -4.52. The standard InChI is InChI=1S/C16H19F3N2O3S/c1-3-25(23,24)20-9-12-6-7-21(10-12)15(22)13-5-4-11(2)14(8-13)16(17,18)19/h3-5,8,12,20H,1,6-7,9-10H2,2H3/t12-/m1/s1. The first-order valence-electron chi connectivity index (χ1n) is 7.62. The maximum Gasteiger partial charge on any atom is 0.416 e. The van der Waals surface area contributed by atoms with Gasteiger partial charge >= 0.3 is 6.18 Å². The van der Waals surface area contributed by atoms with Crippen LogP contribution < -0.4 is 4.72 Å². The zero-order valence-electron chi connectivity index (χ0n) is 13.6. The highest BCUT2D eigenvalue weighted by molar-refractivity contribution is 7.92. The van der Waals surface area contributed by atoms with Crippen LogP contribution in [-0.2, 0) is 16.2 Å². The Labute approximate surface area is 144 Å². The van der Waals surface area contributed by atoms with Gasteiger partial charge in [-0.25, -0.2) is 13.1 Å². The lowest BCUT2D eigenvalue weighted by Crippen LogP contribution is -2.32. The number of rotatable bonds is 5. The highest BCUT2D eigenvalue weighted by atomic mass is 32.2. The number of likely N-dealkylation sites (tertiary alicyclic amines) is 1. The predicted octanol–water partition coefficient (Wildman–Crippen LogP) is 2.54. The van der Waals surface area contributed by atoms with Gasteiger partial charge in [-0.2, -0.15) is 13.2 Å². The van der Waals surface area contributed by atoms with Gasteiger partial charge in [-0.05, 0) is 37.0 Å². The van der Waals surface area contributed by atoms with Crippen LogP contribution in [0.5, 0.6) is 0 Å². The van der Waals surface area contributed by atoms with E-state index in [-0.39, 0.29) is 30.1 Å². The Bertz CT molecular complexity index is 775. The van der Waals surface area contributed by atoms with Crippen molar-refractivity contribution in [3.63, 3.8) is 0 Å². The Hall–Kier alpha value is -1.87. The molecule has 1 N–H and O–H groups in total. The molecule has 0 radical (unpaired) electrons. The number of alkyl halides is 3. The van der Waals surface area contributed by atoms with Gasteiger partial charge in [0.05, 0.1) is 5.56 Å². The van der Waals surface area contributed by atoms with Gasteiger partial charge in [0.15, 0.2) is 0 Å². The number of hydrogen-bond acceptors (Lipinski definition) is 3. The van der Waals surface area contributed by atoms with Crippen molar-refractivity contribution in [3.8, 4) is 0 Å². The molecule has 1 aromatic rings. The number of carbonyl (C=O) groups excluding carboxylic acids is 1. The molecule has 1 heterocycles. The second kappa shape index (κ2) is 7.17. The molecule has 1 aliphatic rings. The van der Waals surface area contributed by atoms with Crippen LogP contribution in [-0.4, -0.2) is 38.9 Å². The number of carbonyl (C=O) groups is 1. The Morgan fingerprint density at radius 2 is 2.12 bits per heavy atom. The highest BCUT2D eigenvalue weighted by Crippen LogP contribution is 2.32. The topological polar surface area (TPSA) is 66.5 Å². The van der Waals surface area contributed by atoms with Gasteiger partial charge in [0, 0.05) is 30.6 Å². The first-order valence-corrected chi connectivity index (χ1v) is 9.17. The number of sulfonamides is 1. The molecular weight excluding hydrogens is 357 g/mol. The lowest BCUT2D eigenvalue weighted by atomic mass is 10.0. The van der Waals surface area contributed by atoms with Crippen LogP contribution in [0.25, 0.3) is 0 Å². The number of amides is 1. The second-order valence-corrected chi connectivity index (χ2v) is 7.71. The van der Waals surface area contributed by atoms with E-state index in [2.05, 4.69) is 11.3 Å². The molecule has 1 saturated heterocycles. The Morgan fingerprint density at radius 3 is 2.72 bits per heavy atom. The van der Waals surface area contributed by atoms with E-state index in [0.29, 0.717) is 13.0 Å². The first-order chi connectivity index (χ1) is 11.5. The molecule has 25 heavy (non-hydrogen) atoms. The van der Waals surface area contributed by atoms with E-state index in [1.54, 1.807) is 0 Å². The average Bonchev–Trinajstić information content (AvgIpc) is 3.01. The van der Waals surface area contributed by atoms with E-state index < -0.39 is 27.7 Å². The van der Waals surface area contributed by atoms with E-state index >= 15 is 0 Å². The normalized spacial score (nSPS) is 18.4. The van der Waals surface area contributed by atoms with Gasteiger partial charge in [-0.1, -0.05) is 12.6 Å². The molecule has 1 fully saturated rings. The first kappa shape index (κ1) is 19.5. The summed E-state index contributed by atoms with van der Waals surface area (Å²) in [6.07, 6.45) is -3.94. The summed E-state index contributed by atoms with van der Waals surface area (Å²) in [5.41, 5.74) is -0.791. The van der Waals surface area contributed by atoms with Crippen molar-refractivity contribution < 1.29 is 26.4 Å². The molecule has 5 nitrogen and oxygen atoms in total. The van der Waals surface area contributed by atoms with Crippen molar-refractivity contribution in [2.75, 3.05) is 19.6 Å². The smallest absolute Gasteiger partial charge is 0.338 e. The maximum atomic E-state index is 13.0. The van der Waals surface area contributed by atoms with Crippen LogP contribution in [0.1, 0.15) is 27.9 Å². The Morgan fingerprint density at radius 1 is 1.44 bits per heavy atom. The fraction of sp³-hybridized carbons (Fsp3) is 0.438. The van der Waals surface area contributed by atoms with E-state index in [4.69, 9.17) is 0 Å². The number of nitrogens with zero attached hydrogens (tertiary/aromatic N) is 1. The fourth-order valence-corrected chi connectivity index (χ4v) is 3.31. The summed E-state index contributed by atoms with van der Waals surface area (Å²) >= 11 is 0. The van der Waals surface area contributed by atoms with Crippen molar-refractivity contribution >= 4 is 15.9 Å². The number of aryl methyl sites for hydroxylation is 1. The van der Waals surface area contributed by atoms with Crippen molar-refractivity contribution in [1.29, 1.82) is 0 Å². The number of benzene rings is 1. The molecule has 0 aliphatic carbocycles. The third kappa shape index (κ3) is 4.82. The van der Waals surface area contributed by atoms with Crippen molar-refractivity contribution in [3.05, 3.63) is 46.9 Å². The molecule has 0 unspecified atom stereocenters. The summed E-state index contributed by atoms with van der Waals surface area (Å²) in [6, 6.07) is 3.52. The third-order valence-corrected chi connectivity index (χ3v) is 5.16. The van der Waals surface area contributed by atoms with Crippen molar-refractivity contribution in [2.24, 2.45) is 5.92 Å². The Balaban J connectivity index is 2.06. The summed E-state index contributed by atoms with van der Waals surface area (Å²) in [7, 11) is -3.54. The summed E-state index contributed by atoms with van der Waals surface area (Å²) in [5.74, 6) is -0.578. The quantitative estimate of drug-likeness (QED) is 0.859. The second-order valence-electron chi connectivity index (χ2n) is 5.99. The molecule has 0 aromatic heterocycles.